The summed E-state index contributed by atoms with van der Waals surface area (Å²) >= 11 is 0. The number of nitrogens with zero attached hydrogens (tertiary/aromatic N) is 1. The van der Waals surface area contributed by atoms with Gasteiger partial charge in [0, 0.05) is 24.5 Å². The number of nitrogens with one attached hydrogen (secondary N) is 1. The Hall–Kier alpha value is -1.26. The third-order valence-corrected chi connectivity index (χ3v) is 3.12. The van der Waals surface area contributed by atoms with Gasteiger partial charge in [0.05, 0.1) is 0 Å². The summed E-state index contributed by atoms with van der Waals surface area (Å²) in [6.07, 6.45) is 3.63. The lowest BCUT2D eigenvalue weighted by atomic mass is 9.99. The van der Waals surface area contributed by atoms with E-state index < -0.39 is 11.5 Å². The maximum absolute atomic E-state index is 12.1. The van der Waals surface area contributed by atoms with Crippen LogP contribution in [0.4, 0.5) is 4.79 Å². The summed E-state index contributed by atoms with van der Waals surface area (Å²) in [4.78, 5) is 24.6. The molecule has 0 saturated heterocycles. The molecule has 104 valence electrons. The van der Waals surface area contributed by atoms with Gasteiger partial charge in [-0.05, 0) is 39.5 Å². The molecule has 2 N–H and O–H groups in total. The van der Waals surface area contributed by atoms with E-state index in [-0.39, 0.29) is 12.5 Å². The molecule has 5 nitrogen and oxygen atoms in total. The molecule has 0 bridgehead atoms. The van der Waals surface area contributed by atoms with Gasteiger partial charge in [-0.1, -0.05) is 6.92 Å². The van der Waals surface area contributed by atoms with E-state index in [1.807, 2.05) is 18.7 Å². The lowest BCUT2D eigenvalue weighted by Crippen LogP contribution is -2.51. The van der Waals surface area contributed by atoms with Crippen molar-refractivity contribution in [3.05, 3.63) is 0 Å². The van der Waals surface area contributed by atoms with Gasteiger partial charge in [-0.15, -0.1) is 0 Å². The van der Waals surface area contributed by atoms with Crippen molar-refractivity contribution < 1.29 is 14.7 Å². The molecule has 0 aromatic heterocycles. The maximum atomic E-state index is 12.1. The van der Waals surface area contributed by atoms with Crippen LogP contribution in [0.15, 0.2) is 0 Å². The van der Waals surface area contributed by atoms with Crippen molar-refractivity contribution in [3.8, 4) is 0 Å². The minimum absolute atomic E-state index is 0.0604. The summed E-state index contributed by atoms with van der Waals surface area (Å²) in [6.45, 7) is 6.56. The number of carbonyl (C=O) groups is 2. The van der Waals surface area contributed by atoms with Crippen molar-refractivity contribution in [3.63, 3.8) is 0 Å². The Balaban J connectivity index is 2.47. The first-order chi connectivity index (χ1) is 8.35. The average Bonchev–Trinajstić information content (AvgIpc) is 3.06. The van der Waals surface area contributed by atoms with Crippen molar-refractivity contribution >= 4 is 12.0 Å². The molecule has 0 spiro atoms. The molecule has 1 saturated carbocycles. The number of amides is 2. The number of hydrogen-bond acceptors (Lipinski definition) is 2. The predicted octanol–water partition coefficient (Wildman–Crippen LogP) is 2.21. The van der Waals surface area contributed by atoms with Crippen LogP contribution < -0.4 is 5.32 Å². The second kappa shape index (κ2) is 6.07. The van der Waals surface area contributed by atoms with Gasteiger partial charge in [0.2, 0.25) is 0 Å². The highest BCUT2D eigenvalue weighted by Crippen LogP contribution is 2.27. The molecule has 2 amide bonds. The molecule has 0 aliphatic heterocycles. The normalized spacial score (nSPS) is 15.3. The fourth-order valence-electron chi connectivity index (χ4n) is 1.92. The number of carboxylic acid groups (broad SMARTS) is 1. The van der Waals surface area contributed by atoms with Crippen LogP contribution in [0, 0.1) is 0 Å². The number of carbonyl (C=O) groups excluding carboxylic acids is 1. The number of rotatable bonds is 7. The van der Waals surface area contributed by atoms with Crippen LogP contribution in [0.3, 0.4) is 0 Å². The molecule has 1 aliphatic rings. The number of carboxylic acids is 1. The lowest BCUT2D eigenvalue weighted by Gasteiger charge is -2.30. The Bertz CT molecular complexity index is 311. The molecule has 0 aromatic carbocycles. The zero-order chi connectivity index (χ0) is 13.8. The highest BCUT2D eigenvalue weighted by atomic mass is 16.4. The smallest absolute Gasteiger partial charge is 0.318 e. The van der Waals surface area contributed by atoms with Gasteiger partial charge in [-0.2, -0.15) is 0 Å². The summed E-state index contributed by atoms with van der Waals surface area (Å²) in [6, 6.07) is 0.329. The van der Waals surface area contributed by atoms with Gasteiger partial charge in [0.1, 0.15) is 0 Å². The van der Waals surface area contributed by atoms with Crippen LogP contribution in [0.25, 0.3) is 0 Å². The molecule has 0 heterocycles. The third-order valence-electron chi connectivity index (χ3n) is 3.12. The summed E-state index contributed by atoms with van der Waals surface area (Å²) in [5.41, 5.74) is -0.476. The Morgan fingerprint density at radius 2 is 2.00 bits per heavy atom. The van der Waals surface area contributed by atoms with Gasteiger partial charge in [-0.3, -0.25) is 4.79 Å². The zero-order valence-electron chi connectivity index (χ0n) is 11.5. The van der Waals surface area contributed by atoms with E-state index in [2.05, 4.69) is 12.2 Å². The maximum Gasteiger partial charge on any atom is 0.318 e. The van der Waals surface area contributed by atoms with Crippen molar-refractivity contribution in [2.75, 3.05) is 6.54 Å². The van der Waals surface area contributed by atoms with Gasteiger partial charge in [0.15, 0.2) is 0 Å². The van der Waals surface area contributed by atoms with Crippen molar-refractivity contribution in [2.24, 2.45) is 0 Å². The van der Waals surface area contributed by atoms with E-state index in [0.29, 0.717) is 12.5 Å². The quantitative estimate of drug-likeness (QED) is 0.733. The molecule has 0 unspecified atom stereocenters. The average molecular weight is 256 g/mol. The largest absolute Gasteiger partial charge is 0.481 e. The molecule has 0 radical (unpaired) electrons. The van der Waals surface area contributed by atoms with E-state index in [9.17, 15) is 9.59 Å². The Kier molecular flexibility index (Phi) is 4.99. The first-order valence-electron chi connectivity index (χ1n) is 6.66. The molecule has 18 heavy (non-hydrogen) atoms. The molecular formula is C13H24N2O3. The molecule has 0 aromatic rings. The summed E-state index contributed by atoms with van der Waals surface area (Å²) in [7, 11) is 0. The van der Waals surface area contributed by atoms with E-state index in [1.165, 1.54) is 0 Å². The number of hydrogen-bond donors (Lipinski definition) is 2. The van der Waals surface area contributed by atoms with Crippen LogP contribution in [-0.2, 0) is 4.79 Å². The first kappa shape index (κ1) is 14.8. The number of aliphatic carboxylic acids is 1. The molecule has 0 atom stereocenters. The van der Waals surface area contributed by atoms with E-state index in [1.54, 1.807) is 0 Å². The van der Waals surface area contributed by atoms with Crippen molar-refractivity contribution in [1.82, 2.24) is 10.2 Å². The van der Waals surface area contributed by atoms with Crippen LogP contribution in [0.2, 0.25) is 0 Å². The third kappa shape index (κ3) is 4.94. The van der Waals surface area contributed by atoms with Crippen LogP contribution in [0.1, 0.15) is 52.9 Å². The molecule has 1 aliphatic carbocycles. The second-order valence-electron chi connectivity index (χ2n) is 5.63. The van der Waals surface area contributed by atoms with E-state index in [4.69, 9.17) is 5.11 Å². The van der Waals surface area contributed by atoms with Crippen LogP contribution in [-0.4, -0.2) is 40.1 Å². The van der Waals surface area contributed by atoms with Gasteiger partial charge < -0.3 is 15.3 Å². The zero-order valence-corrected chi connectivity index (χ0v) is 11.5. The topological polar surface area (TPSA) is 69.6 Å². The van der Waals surface area contributed by atoms with E-state index >= 15 is 0 Å². The fraction of sp³-hybridized carbons (Fsp3) is 0.846. The monoisotopic (exact) mass is 256 g/mol. The van der Waals surface area contributed by atoms with Gasteiger partial charge >= 0.3 is 12.0 Å². The number of urea groups is 1. The fourth-order valence-corrected chi connectivity index (χ4v) is 1.92. The van der Waals surface area contributed by atoms with Crippen molar-refractivity contribution in [1.29, 1.82) is 0 Å². The highest BCUT2D eigenvalue weighted by Gasteiger charge is 2.34. The molecule has 1 rings (SSSR count). The second-order valence-corrected chi connectivity index (χ2v) is 5.63. The van der Waals surface area contributed by atoms with Gasteiger partial charge in [0.25, 0.3) is 0 Å². The van der Waals surface area contributed by atoms with Crippen LogP contribution >= 0.6 is 0 Å². The Labute approximate surface area is 109 Å². The Morgan fingerprint density at radius 3 is 2.44 bits per heavy atom. The minimum Gasteiger partial charge on any atom is -0.481 e. The van der Waals surface area contributed by atoms with Crippen LogP contribution in [0.5, 0.6) is 0 Å². The minimum atomic E-state index is -0.829. The predicted molar refractivity (Wildman–Crippen MR) is 69.5 cm³/mol. The highest BCUT2D eigenvalue weighted by molar-refractivity contribution is 5.76. The molecule has 5 heteroatoms. The SMILES string of the molecule is CCCN(C(=O)NC(C)(C)CCC(=O)O)C1CC1. The standard InChI is InChI=1S/C13H24N2O3/c1-4-9-15(10-5-6-10)12(18)14-13(2,3)8-7-11(16)17/h10H,4-9H2,1-3H3,(H,14,18)(H,16,17). The lowest BCUT2D eigenvalue weighted by molar-refractivity contribution is -0.137. The molecule has 1 fully saturated rings. The Morgan fingerprint density at radius 1 is 1.39 bits per heavy atom. The van der Waals surface area contributed by atoms with Crippen molar-refractivity contribution in [2.45, 2.75) is 64.5 Å². The summed E-state index contributed by atoms with van der Waals surface area (Å²) in [5, 5.41) is 11.6. The summed E-state index contributed by atoms with van der Waals surface area (Å²) in [5.74, 6) is -0.829. The first-order valence-corrected chi connectivity index (χ1v) is 6.66. The summed E-state index contributed by atoms with van der Waals surface area (Å²) < 4.78 is 0. The van der Waals surface area contributed by atoms with E-state index in [0.717, 1.165) is 25.8 Å². The molecular weight excluding hydrogens is 232 g/mol. The van der Waals surface area contributed by atoms with Gasteiger partial charge in [-0.25, -0.2) is 4.79 Å².